The molecule has 0 bridgehead atoms. The predicted molar refractivity (Wildman–Crippen MR) is 112 cm³/mol. The number of ketones is 1. The molecular formula is C24H33FN2O2. The van der Waals surface area contributed by atoms with Crippen LogP contribution in [0.1, 0.15) is 96.0 Å². The molecule has 2 saturated carbocycles. The van der Waals surface area contributed by atoms with Crippen LogP contribution in [-0.4, -0.2) is 20.4 Å². The fraction of sp³-hybridized carbons (Fsp3) is 0.667. The van der Waals surface area contributed by atoms with Gasteiger partial charge in [-0.3, -0.25) is 4.79 Å². The standard InChI is InChI=1S/C24H33FN2O2/c1-23(2,3)15-18(28)9-5-10-21-26-22-19(25)13-16(24(29)11-6-12-24)14-20(22)27(21)17-7-4-8-17/h13-14,17,29H,4-12,15H2,1-3H3. The van der Waals surface area contributed by atoms with E-state index in [9.17, 15) is 14.3 Å². The highest BCUT2D eigenvalue weighted by molar-refractivity contribution is 5.79. The molecule has 4 rings (SSSR count). The number of aryl methyl sites for hydroxylation is 1. The van der Waals surface area contributed by atoms with Crippen LogP contribution in [0.4, 0.5) is 4.39 Å². The molecule has 2 fully saturated rings. The summed E-state index contributed by atoms with van der Waals surface area (Å²) in [6, 6.07) is 3.78. The zero-order valence-corrected chi connectivity index (χ0v) is 17.9. The van der Waals surface area contributed by atoms with Crippen molar-refractivity contribution in [1.29, 1.82) is 0 Å². The largest absolute Gasteiger partial charge is 0.385 e. The van der Waals surface area contributed by atoms with Gasteiger partial charge in [0.2, 0.25) is 0 Å². The van der Waals surface area contributed by atoms with Crippen molar-refractivity contribution < 1.29 is 14.3 Å². The minimum atomic E-state index is -0.886. The van der Waals surface area contributed by atoms with Crippen LogP contribution in [0.3, 0.4) is 0 Å². The number of nitrogens with zero attached hydrogens (tertiary/aromatic N) is 2. The van der Waals surface area contributed by atoms with Gasteiger partial charge in [-0.05, 0) is 68.1 Å². The average Bonchev–Trinajstić information content (AvgIpc) is 2.89. The van der Waals surface area contributed by atoms with Crippen LogP contribution in [-0.2, 0) is 16.8 Å². The molecule has 0 aliphatic heterocycles. The molecule has 2 aliphatic rings. The first kappa shape index (κ1) is 20.5. The third-order valence-electron chi connectivity index (χ3n) is 6.56. The summed E-state index contributed by atoms with van der Waals surface area (Å²) in [5.41, 5.74) is 1.02. The van der Waals surface area contributed by atoms with E-state index in [-0.39, 0.29) is 17.0 Å². The van der Waals surface area contributed by atoms with Crippen molar-refractivity contribution in [2.45, 2.75) is 96.6 Å². The zero-order valence-electron chi connectivity index (χ0n) is 17.9. The van der Waals surface area contributed by atoms with Gasteiger partial charge in [0.1, 0.15) is 17.1 Å². The van der Waals surface area contributed by atoms with Gasteiger partial charge >= 0.3 is 0 Å². The number of carbonyl (C=O) groups is 1. The Morgan fingerprint density at radius 3 is 2.55 bits per heavy atom. The zero-order chi connectivity index (χ0) is 20.8. The average molecular weight is 401 g/mol. The Bertz CT molecular complexity index is 917. The van der Waals surface area contributed by atoms with E-state index in [1.165, 1.54) is 12.5 Å². The summed E-state index contributed by atoms with van der Waals surface area (Å²) in [4.78, 5) is 16.9. The van der Waals surface area contributed by atoms with E-state index in [4.69, 9.17) is 0 Å². The van der Waals surface area contributed by atoms with E-state index < -0.39 is 5.60 Å². The Hall–Kier alpha value is -1.75. The normalized spacial score (nSPS) is 19.2. The number of Topliss-reactive ketones (excluding diaryl/α,β-unsaturated/α-hetero) is 1. The predicted octanol–water partition coefficient (Wildman–Crippen LogP) is 5.60. The molecule has 5 heteroatoms. The second-order valence-electron chi connectivity index (χ2n) is 10.3. The smallest absolute Gasteiger partial charge is 0.151 e. The van der Waals surface area contributed by atoms with Gasteiger partial charge in [-0.1, -0.05) is 20.8 Å². The number of benzene rings is 1. The maximum Gasteiger partial charge on any atom is 0.151 e. The Labute approximate surface area is 172 Å². The number of imidazole rings is 1. The van der Waals surface area contributed by atoms with Crippen molar-refractivity contribution in [3.63, 3.8) is 0 Å². The molecule has 29 heavy (non-hydrogen) atoms. The minimum absolute atomic E-state index is 0.0114. The van der Waals surface area contributed by atoms with Crippen molar-refractivity contribution in [2.75, 3.05) is 0 Å². The Balaban J connectivity index is 1.60. The summed E-state index contributed by atoms with van der Waals surface area (Å²) in [6.45, 7) is 6.24. The second kappa shape index (κ2) is 7.50. The van der Waals surface area contributed by atoms with E-state index >= 15 is 0 Å². The fourth-order valence-electron chi connectivity index (χ4n) is 4.62. The molecule has 1 heterocycles. The molecule has 158 valence electrons. The number of rotatable bonds is 7. The van der Waals surface area contributed by atoms with E-state index in [0.29, 0.717) is 49.2 Å². The first-order chi connectivity index (χ1) is 13.7. The number of hydrogen-bond donors (Lipinski definition) is 1. The number of hydrogen-bond acceptors (Lipinski definition) is 3. The SMILES string of the molecule is CC(C)(C)CC(=O)CCCc1nc2c(F)cc(C3(O)CCC3)cc2n1C1CCC1. The summed E-state index contributed by atoms with van der Waals surface area (Å²) < 4.78 is 17.1. The van der Waals surface area contributed by atoms with Crippen LogP contribution >= 0.6 is 0 Å². The molecule has 0 unspecified atom stereocenters. The van der Waals surface area contributed by atoms with Crippen LogP contribution in [0, 0.1) is 11.2 Å². The summed E-state index contributed by atoms with van der Waals surface area (Å²) in [5.74, 6) is 0.815. The van der Waals surface area contributed by atoms with Crippen LogP contribution in [0.2, 0.25) is 0 Å². The molecule has 0 atom stereocenters. The summed E-state index contributed by atoms with van der Waals surface area (Å²) >= 11 is 0. The molecule has 4 nitrogen and oxygen atoms in total. The molecule has 1 aromatic heterocycles. The maximum atomic E-state index is 14.9. The topological polar surface area (TPSA) is 55.1 Å². The molecule has 1 N–H and O–H groups in total. The summed E-state index contributed by atoms with van der Waals surface area (Å²) in [6.07, 6.45) is 8.25. The monoisotopic (exact) mass is 400 g/mol. The van der Waals surface area contributed by atoms with Gasteiger partial charge in [-0.15, -0.1) is 0 Å². The highest BCUT2D eigenvalue weighted by Gasteiger charge is 2.37. The molecule has 1 aromatic carbocycles. The molecule has 0 spiro atoms. The van der Waals surface area contributed by atoms with Gasteiger partial charge < -0.3 is 9.67 Å². The lowest BCUT2D eigenvalue weighted by Gasteiger charge is -2.37. The third-order valence-corrected chi connectivity index (χ3v) is 6.56. The number of carbonyl (C=O) groups excluding carboxylic acids is 1. The van der Waals surface area contributed by atoms with E-state index in [1.807, 2.05) is 6.07 Å². The highest BCUT2D eigenvalue weighted by atomic mass is 19.1. The van der Waals surface area contributed by atoms with Gasteiger partial charge in [0.05, 0.1) is 11.1 Å². The first-order valence-electron chi connectivity index (χ1n) is 11.1. The van der Waals surface area contributed by atoms with Gasteiger partial charge in [0.25, 0.3) is 0 Å². The summed E-state index contributed by atoms with van der Waals surface area (Å²) in [5, 5.41) is 10.7. The molecular weight excluding hydrogens is 367 g/mol. The van der Waals surface area contributed by atoms with Crippen molar-refractivity contribution in [1.82, 2.24) is 9.55 Å². The third kappa shape index (κ3) is 4.11. The van der Waals surface area contributed by atoms with Crippen LogP contribution < -0.4 is 0 Å². The van der Waals surface area contributed by atoms with Gasteiger partial charge in [0.15, 0.2) is 5.82 Å². The minimum Gasteiger partial charge on any atom is -0.385 e. The molecule has 0 amide bonds. The van der Waals surface area contributed by atoms with Gasteiger partial charge in [-0.2, -0.15) is 0 Å². The second-order valence-corrected chi connectivity index (χ2v) is 10.3. The van der Waals surface area contributed by atoms with E-state index in [2.05, 4.69) is 30.3 Å². The molecule has 2 aliphatic carbocycles. The van der Waals surface area contributed by atoms with Crippen molar-refractivity contribution >= 4 is 16.8 Å². The van der Waals surface area contributed by atoms with Crippen molar-refractivity contribution in [2.24, 2.45) is 5.41 Å². The first-order valence-corrected chi connectivity index (χ1v) is 11.1. The van der Waals surface area contributed by atoms with Crippen LogP contribution in [0.5, 0.6) is 0 Å². The molecule has 2 aromatic rings. The Morgan fingerprint density at radius 2 is 2.00 bits per heavy atom. The fourth-order valence-corrected chi connectivity index (χ4v) is 4.62. The van der Waals surface area contributed by atoms with E-state index in [0.717, 1.165) is 37.0 Å². The van der Waals surface area contributed by atoms with Crippen molar-refractivity contribution in [3.05, 3.63) is 29.3 Å². The number of aliphatic hydroxyl groups is 1. The van der Waals surface area contributed by atoms with E-state index in [1.54, 1.807) is 0 Å². The number of aromatic nitrogens is 2. The van der Waals surface area contributed by atoms with Crippen LogP contribution in [0.15, 0.2) is 12.1 Å². The lowest BCUT2D eigenvalue weighted by molar-refractivity contribution is -0.120. The highest BCUT2D eigenvalue weighted by Crippen LogP contribution is 2.43. The van der Waals surface area contributed by atoms with Gasteiger partial charge in [-0.25, -0.2) is 9.37 Å². The molecule has 0 radical (unpaired) electrons. The Morgan fingerprint density at radius 1 is 1.28 bits per heavy atom. The quantitative estimate of drug-likeness (QED) is 0.658. The Kier molecular flexibility index (Phi) is 5.30. The number of fused-ring (bicyclic) bond motifs is 1. The summed E-state index contributed by atoms with van der Waals surface area (Å²) in [7, 11) is 0. The van der Waals surface area contributed by atoms with Gasteiger partial charge in [0, 0.05) is 25.3 Å². The maximum absolute atomic E-state index is 14.9. The van der Waals surface area contributed by atoms with Crippen molar-refractivity contribution in [3.8, 4) is 0 Å². The van der Waals surface area contributed by atoms with Crippen LogP contribution in [0.25, 0.3) is 11.0 Å². The molecule has 0 saturated heterocycles. The lowest BCUT2D eigenvalue weighted by Crippen LogP contribution is -2.33. The number of halogens is 1. The lowest BCUT2D eigenvalue weighted by atomic mass is 9.75.